The molecule has 0 amide bonds. The zero-order valence-corrected chi connectivity index (χ0v) is 7.72. The molecule has 2 rings (SSSR count). The number of H-pyrrole nitrogens is 1. The molecule has 14 heavy (non-hydrogen) atoms. The highest BCUT2D eigenvalue weighted by Crippen LogP contribution is 2.20. The molecule has 0 fully saturated rings. The highest BCUT2D eigenvalue weighted by atomic mass is 19.3. The van der Waals surface area contributed by atoms with Crippen LogP contribution in [0.2, 0.25) is 0 Å². The van der Waals surface area contributed by atoms with Crippen molar-refractivity contribution >= 4 is 11.0 Å². The predicted octanol–water partition coefficient (Wildman–Crippen LogP) is 3.06. The Labute approximate surface area is 80.0 Å². The maximum Gasteiger partial charge on any atom is 0.295 e. The molecule has 1 aromatic carbocycles. The van der Waals surface area contributed by atoms with Gasteiger partial charge < -0.3 is 4.98 Å². The molecule has 1 N–H and O–H groups in total. The lowest BCUT2D eigenvalue weighted by molar-refractivity contribution is 0.142. The van der Waals surface area contributed by atoms with E-state index in [-0.39, 0.29) is 5.82 Å². The number of benzene rings is 1. The topological polar surface area (TPSA) is 28.7 Å². The third-order valence-electron chi connectivity index (χ3n) is 2.18. The van der Waals surface area contributed by atoms with E-state index in [1.165, 1.54) is 0 Å². The summed E-state index contributed by atoms with van der Waals surface area (Å²) in [6.45, 7) is 2.02. The molecule has 0 unspecified atom stereocenters. The molecule has 4 heteroatoms. The Balaban J connectivity index is 2.54. The minimum absolute atomic E-state index is 0.256. The summed E-state index contributed by atoms with van der Waals surface area (Å²) in [4.78, 5) is 6.40. The van der Waals surface area contributed by atoms with Crippen molar-refractivity contribution in [1.29, 1.82) is 0 Å². The number of alkyl halides is 2. The minimum Gasteiger partial charge on any atom is -0.337 e. The molecule has 0 aliphatic carbocycles. The maximum atomic E-state index is 12.3. The summed E-state index contributed by atoms with van der Waals surface area (Å²) in [5.74, 6) is -0.256. The largest absolute Gasteiger partial charge is 0.337 e. The Hall–Kier alpha value is -1.45. The smallest absolute Gasteiger partial charge is 0.295 e. The average molecular weight is 196 g/mol. The molecule has 0 atom stereocenters. The fourth-order valence-corrected chi connectivity index (χ4v) is 1.39. The van der Waals surface area contributed by atoms with Gasteiger partial charge in [-0.15, -0.1) is 0 Å². The normalized spacial score (nSPS) is 11.4. The van der Waals surface area contributed by atoms with Gasteiger partial charge in [0.25, 0.3) is 6.43 Å². The fourth-order valence-electron chi connectivity index (χ4n) is 1.39. The Morgan fingerprint density at radius 3 is 2.86 bits per heavy atom. The van der Waals surface area contributed by atoms with E-state index in [2.05, 4.69) is 9.97 Å². The Bertz CT molecular complexity index is 448. The van der Waals surface area contributed by atoms with Crippen molar-refractivity contribution in [3.05, 3.63) is 29.6 Å². The quantitative estimate of drug-likeness (QED) is 0.785. The van der Waals surface area contributed by atoms with Gasteiger partial charge >= 0.3 is 0 Å². The third kappa shape index (κ3) is 1.47. The number of halogens is 2. The molecule has 0 spiro atoms. The molecule has 74 valence electrons. The first-order valence-corrected chi connectivity index (χ1v) is 4.47. The molecular weight excluding hydrogens is 186 g/mol. The lowest BCUT2D eigenvalue weighted by atomic mass is 10.1. The van der Waals surface area contributed by atoms with Crippen molar-refractivity contribution in [2.75, 3.05) is 0 Å². The molecule has 0 bridgehead atoms. The van der Waals surface area contributed by atoms with Crippen LogP contribution in [0.4, 0.5) is 8.78 Å². The van der Waals surface area contributed by atoms with Crippen LogP contribution in [0, 0.1) is 0 Å². The molecule has 0 aliphatic rings. The number of fused-ring (bicyclic) bond motifs is 1. The lowest BCUT2D eigenvalue weighted by Crippen LogP contribution is -1.84. The molecule has 0 saturated carbocycles. The molecule has 2 nitrogen and oxygen atoms in total. The van der Waals surface area contributed by atoms with Crippen molar-refractivity contribution in [2.45, 2.75) is 19.8 Å². The second-order valence-corrected chi connectivity index (χ2v) is 3.13. The second kappa shape index (κ2) is 3.36. The van der Waals surface area contributed by atoms with Crippen molar-refractivity contribution in [3.63, 3.8) is 0 Å². The van der Waals surface area contributed by atoms with Crippen LogP contribution < -0.4 is 0 Å². The number of imidazole rings is 1. The van der Waals surface area contributed by atoms with Crippen molar-refractivity contribution in [2.24, 2.45) is 0 Å². The zero-order valence-electron chi connectivity index (χ0n) is 7.72. The Morgan fingerprint density at radius 1 is 1.43 bits per heavy atom. The van der Waals surface area contributed by atoms with Crippen molar-refractivity contribution < 1.29 is 8.78 Å². The van der Waals surface area contributed by atoms with Crippen LogP contribution in [-0.4, -0.2) is 9.97 Å². The van der Waals surface area contributed by atoms with Crippen molar-refractivity contribution in [1.82, 2.24) is 9.97 Å². The molecular formula is C10H10F2N2. The first-order chi connectivity index (χ1) is 6.70. The van der Waals surface area contributed by atoms with Gasteiger partial charge in [-0.3, -0.25) is 0 Å². The van der Waals surface area contributed by atoms with Crippen LogP contribution in [0.25, 0.3) is 11.0 Å². The average Bonchev–Trinajstić information content (AvgIpc) is 2.59. The van der Waals surface area contributed by atoms with E-state index in [0.717, 1.165) is 12.0 Å². The first kappa shape index (κ1) is 9.12. The van der Waals surface area contributed by atoms with Crippen LogP contribution >= 0.6 is 0 Å². The summed E-state index contributed by atoms with van der Waals surface area (Å²) in [5.41, 5.74) is 2.38. The standard InChI is InChI=1S/C10H10F2N2/c1-2-6-3-4-7-8(5-6)14-10(13-7)9(11)12/h3-5,9H,2H2,1H3,(H,13,14). The van der Waals surface area contributed by atoms with Gasteiger partial charge in [-0.1, -0.05) is 13.0 Å². The Kier molecular flexibility index (Phi) is 2.19. The van der Waals surface area contributed by atoms with E-state index in [9.17, 15) is 8.78 Å². The zero-order chi connectivity index (χ0) is 10.1. The number of hydrogen-bond acceptors (Lipinski definition) is 1. The number of aromatic amines is 1. The molecule has 0 saturated heterocycles. The monoisotopic (exact) mass is 196 g/mol. The summed E-state index contributed by atoms with van der Waals surface area (Å²) >= 11 is 0. The maximum absolute atomic E-state index is 12.3. The van der Waals surface area contributed by atoms with Crippen LogP contribution in [0.3, 0.4) is 0 Å². The molecule has 0 aliphatic heterocycles. The summed E-state index contributed by atoms with van der Waals surface area (Å²) < 4.78 is 24.6. The second-order valence-electron chi connectivity index (χ2n) is 3.13. The van der Waals surface area contributed by atoms with Gasteiger partial charge in [-0.25, -0.2) is 13.8 Å². The van der Waals surface area contributed by atoms with Gasteiger partial charge in [-0.2, -0.15) is 0 Å². The van der Waals surface area contributed by atoms with Gasteiger partial charge in [-0.05, 0) is 24.1 Å². The van der Waals surface area contributed by atoms with E-state index in [4.69, 9.17) is 0 Å². The summed E-state index contributed by atoms with van der Waals surface area (Å²) in [5, 5.41) is 0. The third-order valence-corrected chi connectivity index (χ3v) is 2.18. The van der Waals surface area contributed by atoms with Crippen LogP contribution in [0.1, 0.15) is 24.7 Å². The van der Waals surface area contributed by atoms with Crippen LogP contribution in [-0.2, 0) is 6.42 Å². The molecule has 1 aromatic heterocycles. The fraction of sp³-hybridized carbons (Fsp3) is 0.300. The number of rotatable bonds is 2. The van der Waals surface area contributed by atoms with E-state index in [1.54, 1.807) is 6.07 Å². The molecule has 2 aromatic rings. The van der Waals surface area contributed by atoms with Gasteiger partial charge in [0, 0.05) is 0 Å². The summed E-state index contributed by atoms with van der Waals surface area (Å²) in [7, 11) is 0. The predicted molar refractivity (Wildman–Crippen MR) is 50.4 cm³/mol. The number of aryl methyl sites for hydroxylation is 1. The van der Waals surface area contributed by atoms with E-state index in [1.807, 2.05) is 19.1 Å². The SMILES string of the molecule is CCc1ccc2[nH]c(C(F)F)nc2c1. The van der Waals surface area contributed by atoms with Crippen molar-refractivity contribution in [3.8, 4) is 0 Å². The van der Waals surface area contributed by atoms with E-state index < -0.39 is 6.43 Å². The lowest BCUT2D eigenvalue weighted by Gasteiger charge is -1.93. The number of aromatic nitrogens is 2. The summed E-state index contributed by atoms with van der Waals surface area (Å²) in [6.07, 6.45) is -1.65. The number of nitrogens with one attached hydrogen (secondary N) is 1. The minimum atomic E-state index is -2.53. The molecule has 0 radical (unpaired) electrons. The van der Waals surface area contributed by atoms with Crippen LogP contribution in [0.5, 0.6) is 0 Å². The molecule has 1 heterocycles. The first-order valence-electron chi connectivity index (χ1n) is 4.47. The van der Waals surface area contributed by atoms with Crippen LogP contribution in [0.15, 0.2) is 18.2 Å². The number of hydrogen-bond donors (Lipinski definition) is 1. The van der Waals surface area contributed by atoms with E-state index >= 15 is 0 Å². The summed E-state index contributed by atoms with van der Waals surface area (Å²) in [6, 6.07) is 5.53. The highest BCUT2D eigenvalue weighted by Gasteiger charge is 2.12. The van der Waals surface area contributed by atoms with Gasteiger partial charge in [0.2, 0.25) is 0 Å². The van der Waals surface area contributed by atoms with Gasteiger partial charge in [0.15, 0.2) is 5.82 Å². The van der Waals surface area contributed by atoms with E-state index in [0.29, 0.717) is 11.0 Å². The van der Waals surface area contributed by atoms with Gasteiger partial charge in [0.05, 0.1) is 11.0 Å². The van der Waals surface area contributed by atoms with Gasteiger partial charge in [0.1, 0.15) is 0 Å². The highest BCUT2D eigenvalue weighted by molar-refractivity contribution is 5.75. The number of nitrogens with zero attached hydrogens (tertiary/aromatic N) is 1. The Morgan fingerprint density at radius 2 is 2.21 bits per heavy atom.